The molecule has 228 valence electrons. The van der Waals surface area contributed by atoms with Gasteiger partial charge < -0.3 is 22.0 Å². The van der Waals surface area contributed by atoms with Gasteiger partial charge in [0.1, 0.15) is 17.3 Å². The third-order valence-electron chi connectivity index (χ3n) is 6.96. The molecule has 0 spiro atoms. The Hall–Kier alpha value is -1.63. The molecule has 7 heteroatoms. The fourth-order valence-corrected chi connectivity index (χ4v) is 6.52. The fraction of sp³-hybridized carbons (Fsp3) is 0.636. The third-order valence-corrected chi connectivity index (χ3v) is 9.27. The van der Waals surface area contributed by atoms with E-state index in [9.17, 15) is 17.3 Å². The summed E-state index contributed by atoms with van der Waals surface area (Å²) in [6.07, 6.45) is 22.5. The molecule has 0 amide bonds. The Morgan fingerprint density at radius 3 is 1.43 bits per heavy atom. The Morgan fingerprint density at radius 2 is 1.00 bits per heavy atom. The minimum atomic E-state index is -6.00. The molecule has 2 rings (SSSR count). The maximum Gasteiger partial charge on any atom is 0.673 e. The van der Waals surface area contributed by atoms with Crippen LogP contribution in [-0.4, -0.2) is 19.6 Å². The van der Waals surface area contributed by atoms with E-state index in [2.05, 4.69) is 68.4 Å². The topological polar surface area (TPSA) is 9.23 Å². The van der Waals surface area contributed by atoms with E-state index in [1.54, 1.807) is 0 Å². The highest BCUT2D eigenvalue weighted by Gasteiger charge is 2.21. The molecular weight excluding hydrogens is 531 g/mol. The van der Waals surface area contributed by atoms with Crippen molar-refractivity contribution in [1.29, 1.82) is 0 Å². The van der Waals surface area contributed by atoms with Crippen molar-refractivity contribution >= 4 is 18.1 Å². The van der Waals surface area contributed by atoms with Gasteiger partial charge in [-0.25, -0.2) is 0 Å². The number of halogens is 4. The Bertz CT molecular complexity index is 811. The average Bonchev–Trinajstić information content (AvgIpc) is 2.93. The molecule has 0 aromatic heterocycles. The highest BCUT2D eigenvalue weighted by Crippen LogP contribution is 2.22. The standard InChI is InChI=1S/C33H53OS.BF4/c1-3-5-6-7-8-9-10-11-12-13-14-15-16-17-18-22-29-34-32-25-27-33(28-26-32)35(4-2)30-31-23-20-19-21-24-31;2-1(3,4)5/h19-21,23-28H,3-18,22,29-30H2,1-2H3;/q+1;-1. The van der Waals surface area contributed by atoms with Crippen molar-refractivity contribution < 1.29 is 22.0 Å². The molecule has 1 nitrogen and oxygen atoms in total. The summed E-state index contributed by atoms with van der Waals surface area (Å²) in [5.74, 6) is 3.35. The lowest BCUT2D eigenvalue weighted by atomic mass is 10.0. The molecule has 0 radical (unpaired) electrons. The van der Waals surface area contributed by atoms with Crippen LogP contribution in [0.5, 0.6) is 5.75 Å². The molecule has 0 aliphatic carbocycles. The number of ether oxygens (including phenoxy) is 1. The van der Waals surface area contributed by atoms with Crippen LogP contribution in [0, 0.1) is 0 Å². The molecule has 0 fully saturated rings. The zero-order valence-corrected chi connectivity index (χ0v) is 25.9. The minimum absolute atomic E-state index is 0.272. The molecule has 1 atom stereocenters. The highest BCUT2D eigenvalue weighted by atomic mass is 32.2. The van der Waals surface area contributed by atoms with Crippen LogP contribution in [0.4, 0.5) is 17.3 Å². The third kappa shape index (κ3) is 22.1. The molecule has 0 saturated carbocycles. The lowest BCUT2D eigenvalue weighted by molar-refractivity contribution is 0.304. The predicted molar refractivity (Wildman–Crippen MR) is 168 cm³/mol. The van der Waals surface area contributed by atoms with E-state index in [1.165, 1.54) is 119 Å². The fourth-order valence-electron chi connectivity index (χ4n) is 4.70. The van der Waals surface area contributed by atoms with Gasteiger partial charge >= 0.3 is 7.25 Å². The van der Waals surface area contributed by atoms with E-state index in [1.807, 2.05) is 0 Å². The second kappa shape index (κ2) is 24.0. The summed E-state index contributed by atoms with van der Waals surface area (Å²) in [5.41, 5.74) is 1.43. The van der Waals surface area contributed by atoms with E-state index < -0.39 is 7.25 Å². The van der Waals surface area contributed by atoms with E-state index >= 15 is 0 Å². The molecular formula is C33H53BF4OS. The van der Waals surface area contributed by atoms with Gasteiger partial charge in [0.2, 0.25) is 0 Å². The normalized spacial score (nSPS) is 12.1. The minimum Gasteiger partial charge on any atom is -0.494 e. The SMILES string of the molecule is CCCCCCCCCCCCCCCCCCOc1ccc([S+](CC)Cc2ccccc2)cc1.F[B-](F)(F)F. The largest absolute Gasteiger partial charge is 0.673 e. The van der Waals surface area contributed by atoms with E-state index in [4.69, 9.17) is 4.74 Å². The molecule has 0 aliphatic rings. The van der Waals surface area contributed by atoms with Crippen molar-refractivity contribution in [2.45, 2.75) is 127 Å². The van der Waals surface area contributed by atoms with Crippen LogP contribution in [0.15, 0.2) is 59.5 Å². The van der Waals surface area contributed by atoms with Gasteiger partial charge in [-0.2, -0.15) is 0 Å². The van der Waals surface area contributed by atoms with Crippen molar-refractivity contribution in [1.82, 2.24) is 0 Å². The lowest BCUT2D eigenvalue weighted by Crippen LogP contribution is -2.09. The molecule has 0 aliphatic heterocycles. The van der Waals surface area contributed by atoms with Gasteiger partial charge in [-0.15, -0.1) is 0 Å². The summed E-state index contributed by atoms with van der Waals surface area (Å²) >= 11 is 0. The van der Waals surface area contributed by atoms with Gasteiger partial charge in [0, 0.05) is 16.5 Å². The first-order chi connectivity index (χ1) is 19.3. The lowest BCUT2D eigenvalue weighted by Gasteiger charge is -2.09. The number of benzene rings is 2. The molecule has 2 aromatic carbocycles. The molecule has 1 unspecified atom stereocenters. The Labute approximate surface area is 245 Å². The van der Waals surface area contributed by atoms with Gasteiger partial charge in [0.05, 0.1) is 6.61 Å². The van der Waals surface area contributed by atoms with Crippen LogP contribution in [0.2, 0.25) is 0 Å². The van der Waals surface area contributed by atoms with Crippen LogP contribution in [0.25, 0.3) is 0 Å². The highest BCUT2D eigenvalue weighted by molar-refractivity contribution is 7.96. The molecule has 2 aromatic rings. The average molecular weight is 585 g/mol. The number of rotatable bonds is 22. The van der Waals surface area contributed by atoms with Gasteiger partial charge in [0.15, 0.2) is 4.90 Å². The molecule has 0 bridgehead atoms. The zero-order valence-electron chi connectivity index (χ0n) is 25.0. The Balaban J connectivity index is 0.00000146. The van der Waals surface area contributed by atoms with Crippen LogP contribution >= 0.6 is 0 Å². The van der Waals surface area contributed by atoms with Crippen molar-refractivity contribution in [2.75, 3.05) is 12.4 Å². The quantitative estimate of drug-likeness (QED) is 0.0579. The summed E-state index contributed by atoms with van der Waals surface area (Å²) in [7, 11) is -5.73. The first-order valence-electron chi connectivity index (χ1n) is 15.6. The van der Waals surface area contributed by atoms with Crippen molar-refractivity contribution in [3.63, 3.8) is 0 Å². The maximum absolute atomic E-state index is 9.75. The second-order valence-corrected chi connectivity index (χ2v) is 12.9. The maximum atomic E-state index is 9.75. The van der Waals surface area contributed by atoms with E-state index in [0.717, 1.165) is 18.1 Å². The Morgan fingerprint density at radius 1 is 0.575 bits per heavy atom. The molecule has 0 N–H and O–H groups in total. The van der Waals surface area contributed by atoms with E-state index in [0.29, 0.717) is 0 Å². The van der Waals surface area contributed by atoms with E-state index in [-0.39, 0.29) is 10.9 Å². The summed E-state index contributed by atoms with van der Waals surface area (Å²) in [5, 5.41) is 0. The van der Waals surface area contributed by atoms with Gasteiger partial charge in [-0.3, -0.25) is 0 Å². The van der Waals surface area contributed by atoms with Crippen LogP contribution in [-0.2, 0) is 16.6 Å². The van der Waals surface area contributed by atoms with Crippen molar-refractivity contribution in [2.24, 2.45) is 0 Å². The van der Waals surface area contributed by atoms with Crippen molar-refractivity contribution in [3.05, 3.63) is 60.2 Å². The van der Waals surface area contributed by atoms with Crippen LogP contribution < -0.4 is 4.74 Å². The summed E-state index contributed by atoms with van der Waals surface area (Å²) in [6.45, 7) is 5.44. The molecule has 40 heavy (non-hydrogen) atoms. The van der Waals surface area contributed by atoms with Crippen LogP contribution in [0.1, 0.15) is 122 Å². The first-order valence-corrected chi connectivity index (χ1v) is 17.2. The second-order valence-electron chi connectivity index (χ2n) is 10.5. The first kappa shape index (κ1) is 36.4. The molecule has 0 heterocycles. The van der Waals surface area contributed by atoms with Gasteiger partial charge in [-0.05, 0) is 37.6 Å². The monoisotopic (exact) mass is 584 g/mol. The number of hydrogen-bond acceptors (Lipinski definition) is 1. The smallest absolute Gasteiger partial charge is 0.494 e. The zero-order chi connectivity index (χ0) is 29.3. The molecule has 0 saturated heterocycles. The van der Waals surface area contributed by atoms with Crippen LogP contribution in [0.3, 0.4) is 0 Å². The van der Waals surface area contributed by atoms with Gasteiger partial charge in [-0.1, -0.05) is 134 Å². The summed E-state index contributed by atoms with van der Waals surface area (Å²) in [4.78, 5) is 1.45. The summed E-state index contributed by atoms with van der Waals surface area (Å²) in [6, 6.07) is 19.8. The number of hydrogen-bond donors (Lipinski definition) is 0. The van der Waals surface area contributed by atoms with Gasteiger partial charge in [0.25, 0.3) is 0 Å². The summed E-state index contributed by atoms with van der Waals surface area (Å²) < 4.78 is 45.0. The predicted octanol–water partition coefficient (Wildman–Crippen LogP) is 11.8. The number of unbranched alkanes of at least 4 members (excludes halogenated alkanes) is 15. The van der Waals surface area contributed by atoms with Crippen molar-refractivity contribution in [3.8, 4) is 5.75 Å². The Kier molecular flexibility index (Phi) is 21.9.